The van der Waals surface area contributed by atoms with Gasteiger partial charge in [-0.1, -0.05) is 48.0 Å². The first kappa shape index (κ1) is 17.1. The number of ether oxygens (including phenoxy) is 1. The van der Waals surface area contributed by atoms with E-state index in [0.717, 1.165) is 18.6 Å². The van der Waals surface area contributed by atoms with Crippen LogP contribution in [0.25, 0.3) is 0 Å². The molecule has 2 rings (SSSR count). The summed E-state index contributed by atoms with van der Waals surface area (Å²) in [5.74, 6) is 0.640. The molecule has 0 aliphatic rings. The van der Waals surface area contributed by atoms with E-state index in [4.69, 9.17) is 4.74 Å². The number of carbonyl (C=O) groups excluding carboxylic acids is 1. The fourth-order valence-corrected chi connectivity index (χ4v) is 2.33. The molecule has 2 aromatic carbocycles. The number of amides is 1. The van der Waals surface area contributed by atoms with Gasteiger partial charge in [0.05, 0.1) is 0 Å². The maximum absolute atomic E-state index is 12.2. The molecule has 0 spiro atoms. The second-order valence-corrected chi connectivity index (χ2v) is 6.01. The van der Waals surface area contributed by atoms with Crippen molar-refractivity contribution in [2.45, 2.75) is 45.8 Å². The van der Waals surface area contributed by atoms with E-state index in [0.29, 0.717) is 0 Å². The maximum Gasteiger partial charge on any atom is 0.260 e. The first-order valence-electron chi connectivity index (χ1n) is 8.12. The molecule has 3 heteroatoms. The molecular weight excluding hydrogens is 286 g/mol. The van der Waals surface area contributed by atoms with Crippen molar-refractivity contribution in [1.29, 1.82) is 0 Å². The van der Waals surface area contributed by atoms with Crippen molar-refractivity contribution >= 4 is 5.91 Å². The van der Waals surface area contributed by atoms with E-state index < -0.39 is 6.10 Å². The predicted octanol–water partition coefficient (Wildman–Crippen LogP) is 3.90. The van der Waals surface area contributed by atoms with Crippen molar-refractivity contribution in [2.24, 2.45) is 0 Å². The quantitative estimate of drug-likeness (QED) is 0.842. The standard InChI is InChI=1S/C20H25NO2/c1-15-9-13-19(14-10-15)23-17(3)20(22)21-16(2)11-12-18-7-5-4-6-8-18/h4-10,13-14,16-17H,11-12H2,1-3H3,(H,21,22)/t16-,17-/m0/s1. The van der Waals surface area contributed by atoms with Crippen molar-refractivity contribution < 1.29 is 9.53 Å². The second-order valence-electron chi connectivity index (χ2n) is 6.01. The molecule has 23 heavy (non-hydrogen) atoms. The summed E-state index contributed by atoms with van der Waals surface area (Å²) in [7, 11) is 0. The summed E-state index contributed by atoms with van der Waals surface area (Å²) in [6.45, 7) is 5.83. The molecule has 0 fully saturated rings. The number of nitrogens with one attached hydrogen (secondary N) is 1. The smallest absolute Gasteiger partial charge is 0.260 e. The Bertz CT molecular complexity index is 607. The maximum atomic E-state index is 12.2. The minimum Gasteiger partial charge on any atom is -0.481 e. The summed E-state index contributed by atoms with van der Waals surface area (Å²) in [4.78, 5) is 12.2. The Kier molecular flexibility index (Phi) is 6.21. The van der Waals surface area contributed by atoms with Gasteiger partial charge in [0.15, 0.2) is 6.10 Å². The zero-order valence-electron chi connectivity index (χ0n) is 14.1. The molecule has 2 aromatic rings. The summed E-state index contributed by atoms with van der Waals surface area (Å²) in [6.07, 6.45) is 1.36. The largest absolute Gasteiger partial charge is 0.481 e. The number of aryl methyl sites for hydroxylation is 2. The molecule has 0 saturated carbocycles. The van der Waals surface area contributed by atoms with Gasteiger partial charge in [0.25, 0.3) is 5.91 Å². The van der Waals surface area contributed by atoms with Crippen LogP contribution in [0.4, 0.5) is 0 Å². The highest BCUT2D eigenvalue weighted by Gasteiger charge is 2.16. The molecule has 0 saturated heterocycles. The molecule has 0 bridgehead atoms. The van der Waals surface area contributed by atoms with Crippen LogP contribution in [-0.4, -0.2) is 18.1 Å². The minimum absolute atomic E-state index is 0.0777. The van der Waals surface area contributed by atoms with Crippen LogP contribution in [-0.2, 0) is 11.2 Å². The lowest BCUT2D eigenvalue weighted by Gasteiger charge is -2.19. The van der Waals surface area contributed by atoms with Crippen LogP contribution < -0.4 is 10.1 Å². The lowest BCUT2D eigenvalue weighted by Crippen LogP contribution is -2.41. The monoisotopic (exact) mass is 311 g/mol. The SMILES string of the molecule is Cc1ccc(O[C@@H](C)C(=O)N[C@@H](C)CCc2ccccc2)cc1. The van der Waals surface area contributed by atoms with Crippen molar-refractivity contribution in [3.63, 3.8) is 0 Å². The molecule has 2 atom stereocenters. The van der Waals surface area contributed by atoms with Crippen molar-refractivity contribution in [2.75, 3.05) is 0 Å². The zero-order chi connectivity index (χ0) is 16.7. The van der Waals surface area contributed by atoms with Crippen molar-refractivity contribution in [3.8, 4) is 5.75 Å². The van der Waals surface area contributed by atoms with E-state index in [1.54, 1.807) is 6.92 Å². The first-order valence-corrected chi connectivity index (χ1v) is 8.12. The van der Waals surface area contributed by atoms with Crippen LogP contribution >= 0.6 is 0 Å². The van der Waals surface area contributed by atoms with E-state index in [9.17, 15) is 4.79 Å². The fourth-order valence-electron chi connectivity index (χ4n) is 2.33. The molecule has 0 aliphatic heterocycles. The van der Waals surface area contributed by atoms with E-state index >= 15 is 0 Å². The van der Waals surface area contributed by atoms with Crippen LogP contribution in [0.1, 0.15) is 31.4 Å². The van der Waals surface area contributed by atoms with Crippen LogP contribution in [0.2, 0.25) is 0 Å². The second kappa shape index (κ2) is 8.37. The molecular formula is C20H25NO2. The molecule has 1 amide bonds. The van der Waals surface area contributed by atoms with E-state index in [1.807, 2.05) is 56.3 Å². The Morgan fingerprint density at radius 3 is 2.35 bits per heavy atom. The average Bonchev–Trinajstić information content (AvgIpc) is 2.56. The lowest BCUT2D eigenvalue weighted by atomic mass is 10.1. The number of rotatable bonds is 7. The van der Waals surface area contributed by atoms with Gasteiger partial charge in [0.2, 0.25) is 0 Å². The van der Waals surface area contributed by atoms with Gasteiger partial charge in [-0.15, -0.1) is 0 Å². The molecule has 0 radical (unpaired) electrons. The van der Waals surface area contributed by atoms with Gasteiger partial charge >= 0.3 is 0 Å². The Morgan fingerprint density at radius 2 is 1.70 bits per heavy atom. The fraction of sp³-hybridized carbons (Fsp3) is 0.350. The van der Waals surface area contributed by atoms with Crippen LogP contribution in [0.3, 0.4) is 0 Å². The highest BCUT2D eigenvalue weighted by Crippen LogP contribution is 2.13. The third-order valence-electron chi connectivity index (χ3n) is 3.80. The highest BCUT2D eigenvalue weighted by molar-refractivity contribution is 5.80. The number of carbonyl (C=O) groups is 1. The highest BCUT2D eigenvalue weighted by atomic mass is 16.5. The van der Waals surface area contributed by atoms with Crippen molar-refractivity contribution in [1.82, 2.24) is 5.32 Å². The van der Waals surface area contributed by atoms with E-state index in [-0.39, 0.29) is 11.9 Å². The summed E-state index contributed by atoms with van der Waals surface area (Å²) < 4.78 is 5.68. The summed E-state index contributed by atoms with van der Waals surface area (Å²) in [5, 5.41) is 3.02. The van der Waals surface area contributed by atoms with Crippen LogP contribution in [0.15, 0.2) is 54.6 Å². The van der Waals surface area contributed by atoms with E-state index in [1.165, 1.54) is 11.1 Å². The molecule has 0 aliphatic carbocycles. The molecule has 1 N–H and O–H groups in total. The minimum atomic E-state index is -0.503. The first-order chi connectivity index (χ1) is 11.0. The Morgan fingerprint density at radius 1 is 1.04 bits per heavy atom. The number of benzene rings is 2. The normalized spacial score (nSPS) is 13.2. The summed E-state index contributed by atoms with van der Waals surface area (Å²) in [5.41, 5.74) is 2.46. The van der Waals surface area contributed by atoms with Gasteiger partial charge in [0, 0.05) is 6.04 Å². The third kappa shape index (κ3) is 5.78. The van der Waals surface area contributed by atoms with Gasteiger partial charge in [0.1, 0.15) is 5.75 Å². The van der Waals surface area contributed by atoms with E-state index in [2.05, 4.69) is 17.4 Å². The average molecular weight is 311 g/mol. The Balaban J connectivity index is 1.77. The Labute approximate surface area is 138 Å². The van der Waals surface area contributed by atoms with Crippen LogP contribution in [0, 0.1) is 6.92 Å². The van der Waals surface area contributed by atoms with Crippen molar-refractivity contribution in [3.05, 3.63) is 65.7 Å². The molecule has 0 heterocycles. The predicted molar refractivity (Wildman–Crippen MR) is 93.6 cm³/mol. The number of hydrogen-bond acceptors (Lipinski definition) is 2. The van der Waals surface area contributed by atoms with Gasteiger partial charge in [-0.3, -0.25) is 4.79 Å². The Hall–Kier alpha value is -2.29. The molecule has 0 unspecified atom stereocenters. The third-order valence-corrected chi connectivity index (χ3v) is 3.80. The van der Waals surface area contributed by atoms with Gasteiger partial charge in [-0.25, -0.2) is 0 Å². The van der Waals surface area contributed by atoms with Crippen LogP contribution in [0.5, 0.6) is 5.75 Å². The summed E-state index contributed by atoms with van der Waals surface area (Å²) >= 11 is 0. The molecule has 0 aromatic heterocycles. The number of hydrogen-bond donors (Lipinski definition) is 1. The van der Waals surface area contributed by atoms with Gasteiger partial charge in [-0.05, 0) is 51.3 Å². The molecule has 122 valence electrons. The zero-order valence-corrected chi connectivity index (χ0v) is 14.1. The molecule has 3 nitrogen and oxygen atoms in total. The topological polar surface area (TPSA) is 38.3 Å². The van der Waals surface area contributed by atoms with Gasteiger partial charge < -0.3 is 10.1 Å². The lowest BCUT2D eigenvalue weighted by molar-refractivity contribution is -0.127. The van der Waals surface area contributed by atoms with Gasteiger partial charge in [-0.2, -0.15) is 0 Å². The summed E-state index contributed by atoms with van der Waals surface area (Å²) in [6, 6.07) is 18.1.